The average molecular weight is 310 g/mol. The third-order valence-corrected chi connectivity index (χ3v) is 4.91. The van der Waals surface area contributed by atoms with Crippen molar-refractivity contribution in [2.45, 2.75) is 42.4 Å². The lowest BCUT2D eigenvalue weighted by Gasteiger charge is -2.20. The van der Waals surface area contributed by atoms with Gasteiger partial charge in [0.15, 0.2) is 0 Å². The Balaban J connectivity index is 1.32. The molecule has 2 fully saturated rings. The van der Waals surface area contributed by atoms with Crippen molar-refractivity contribution in [3.8, 4) is 0 Å². The molecule has 2 saturated heterocycles. The van der Waals surface area contributed by atoms with Crippen LogP contribution < -0.4 is 10.6 Å². The van der Waals surface area contributed by atoms with Gasteiger partial charge in [0.2, 0.25) is 0 Å². The van der Waals surface area contributed by atoms with Crippen molar-refractivity contribution in [1.82, 2.24) is 10.6 Å². The number of halogens is 1. The highest BCUT2D eigenvalue weighted by Gasteiger charge is 2.41. The number of benzene rings is 1. The van der Waals surface area contributed by atoms with Gasteiger partial charge in [-0.3, -0.25) is 0 Å². The van der Waals surface area contributed by atoms with Crippen molar-refractivity contribution in [1.29, 1.82) is 0 Å². The summed E-state index contributed by atoms with van der Waals surface area (Å²) in [5.74, 6) is 0.525. The predicted molar refractivity (Wildman–Crippen MR) is 80.0 cm³/mol. The van der Waals surface area contributed by atoms with Crippen LogP contribution in [-0.4, -0.2) is 36.6 Å². The van der Waals surface area contributed by atoms with Crippen LogP contribution in [0.3, 0.4) is 0 Å². The Morgan fingerprint density at radius 3 is 2.81 bits per heavy atom. The number of hydrogen-bond acceptors (Lipinski definition) is 3. The van der Waals surface area contributed by atoms with E-state index in [-0.39, 0.29) is 24.0 Å². The van der Waals surface area contributed by atoms with E-state index in [1.54, 1.807) is 23.9 Å². The predicted octanol–water partition coefficient (Wildman–Crippen LogP) is 2.54. The van der Waals surface area contributed by atoms with Gasteiger partial charge < -0.3 is 15.4 Å². The van der Waals surface area contributed by atoms with E-state index in [9.17, 15) is 9.18 Å². The van der Waals surface area contributed by atoms with Crippen molar-refractivity contribution in [2.24, 2.45) is 0 Å². The lowest BCUT2D eigenvalue weighted by molar-refractivity contribution is 0.0981. The molecule has 3 atom stereocenters. The molecular weight excluding hydrogens is 291 g/mol. The van der Waals surface area contributed by atoms with Crippen molar-refractivity contribution in [3.05, 3.63) is 30.1 Å². The van der Waals surface area contributed by atoms with Crippen LogP contribution in [0.2, 0.25) is 0 Å². The van der Waals surface area contributed by atoms with E-state index in [2.05, 4.69) is 10.6 Å². The van der Waals surface area contributed by atoms with Gasteiger partial charge in [-0.1, -0.05) is 0 Å². The number of rotatable bonds is 5. The molecular formula is C15H19FN2O2S. The molecule has 2 amide bonds. The SMILES string of the molecule is O=C(NCCSc1ccc(F)cc1)N[C@H]1C[C@H]2CC[C@H]1O2. The van der Waals surface area contributed by atoms with Crippen LogP contribution in [0, 0.1) is 5.82 Å². The van der Waals surface area contributed by atoms with Crippen LogP contribution in [-0.2, 0) is 4.74 Å². The summed E-state index contributed by atoms with van der Waals surface area (Å²) < 4.78 is 18.5. The van der Waals surface area contributed by atoms with Gasteiger partial charge in [-0.25, -0.2) is 9.18 Å². The fraction of sp³-hybridized carbons (Fsp3) is 0.533. The highest BCUT2D eigenvalue weighted by atomic mass is 32.2. The Morgan fingerprint density at radius 1 is 1.33 bits per heavy atom. The number of hydrogen-bond donors (Lipinski definition) is 2. The molecule has 0 aliphatic carbocycles. The summed E-state index contributed by atoms with van der Waals surface area (Å²) >= 11 is 1.59. The Bertz CT molecular complexity index is 497. The van der Waals surface area contributed by atoms with Crippen molar-refractivity contribution < 1.29 is 13.9 Å². The summed E-state index contributed by atoms with van der Waals surface area (Å²) in [6.45, 7) is 0.579. The number of carbonyl (C=O) groups is 1. The van der Waals surface area contributed by atoms with E-state index in [4.69, 9.17) is 4.74 Å². The highest BCUT2D eigenvalue weighted by Crippen LogP contribution is 2.34. The Kier molecular flexibility index (Phi) is 4.65. The quantitative estimate of drug-likeness (QED) is 0.649. The molecule has 114 valence electrons. The zero-order valence-electron chi connectivity index (χ0n) is 11.7. The molecule has 3 rings (SSSR count). The Hall–Kier alpha value is -1.27. The molecule has 0 saturated carbocycles. The van der Waals surface area contributed by atoms with Crippen LogP contribution in [0.4, 0.5) is 9.18 Å². The maximum Gasteiger partial charge on any atom is 0.315 e. The van der Waals surface area contributed by atoms with Gasteiger partial charge >= 0.3 is 6.03 Å². The minimum Gasteiger partial charge on any atom is -0.373 e. The normalized spacial score (nSPS) is 26.8. The molecule has 1 aromatic rings. The van der Waals surface area contributed by atoms with Crippen LogP contribution in [0.5, 0.6) is 0 Å². The molecule has 2 aliphatic rings. The lowest BCUT2D eigenvalue weighted by atomic mass is 9.96. The number of urea groups is 1. The number of carbonyl (C=O) groups excluding carboxylic acids is 1. The molecule has 21 heavy (non-hydrogen) atoms. The molecule has 2 heterocycles. The third-order valence-electron chi connectivity index (χ3n) is 3.89. The molecule has 4 nitrogen and oxygen atoms in total. The summed E-state index contributed by atoms with van der Waals surface area (Å²) in [6.07, 6.45) is 3.65. The van der Waals surface area contributed by atoms with Gasteiger partial charge in [0.05, 0.1) is 18.2 Å². The zero-order valence-corrected chi connectivity index (χ0v) is 12.5. The van der Waals surface area contributed by atoms with Gasteiger partial charge in [-0.2, -0.15) is 0 Å². The molecule has 0 aromatic heterocycles. The second-order valence-corrected chi connectivity index (χ2v) is 6.59. The molecule has 6 heteroatoms. The van der Waals surface area contributed by atoms with E-state index in [1.807, 2.05) is 0 Å². The van der Waals surface area contributed by atoms with Crippen molar-refractivity contribution >= 4 is 17.8 Å². The number of thioether (sulfide) groups is 1. The van der Waals surface area contributed by atoms with Gasteiger partial charge in [0, 0.05) is 17.2 Å². The molecule has 0 radical (unpaired) electrons. The smallest absolute Gasteiger partial charge is 0.315 e. The second-order valence-electron chi connectivity index (χ2n) is 5.42. The van der Waals surface area contributed by atoms with Gasteiger partial charge in [-0.05, 0) is 43.5 Å². The maximum atomic E-state index is 12.8. The van der Waals surface area contributed by atoms with Crippen LogP contribution in [0.1, 0.15) is 19.3 Å². The van der Waals surface area contributed by atoms with Crippen molar-refractivity contribution in [3.63, 3.8) is 0 Å². The minimum atomic E-state index is -0.232. The summed E-state index contributed by atoms with van der Waals surface area (Å²) in [5, 5.41) is 5.83. The number of nitrogens with one attached hydrogen (secondary N) is 2. The first-order valence-corrected chi connectivity index (χ1v) is 8.27. The maximum absolute atomic E-state index is 12.8. The lowest BCUT2D eigenvalue weighted by Crippen LogP contribution is -2.46. The molecule has 2 aliphatic heterocycles. The summed E-state index contributed by atoms with van der Waals surface area (Å²) in [6, 6.07) is 6.40. The highest BCUT2D eigenvalue weighted by molar-refractivity contribution is 7.99. The van der Waals surface area contributed by atoms with Gasteiger partial charge in [-0.15, -0.1) is 11.8 Å². The van der Waals surface area contributed by atoms with Crippen molar-refractivity contribution in [2.75, 3.05) is 12.3 Å². The molecule has 0 spiro atoms. The summed E-state index contributed by atoms with van der Waals surface area (Å²) in [7, 11) is 0. The van der Waals surface area contributed by atoms with E-state index < -0.39 is 0 Å². The number of ether oxygens (including phenoxy) is 1. The monoisotopic (exact) mass is 310 g/mol. The summed E-state index contributed by atoms with van der Waals surface area (Å²) in [5.41, 5.74) is 0. The van der Waals surface area contributed by atoms with Crippen LogP contribution in [0.15, 0.2) is 29.2 Å². The van der Waals surface area contributed by atoms with Crippen LogP contribution >= 0.6 is 11.8 Å². The fourth-order valence-corrected chi connectivity index (χ4v) is 3.64. The first-order valence-electron chi connectivity index (χ1n) is 7.29. The number of amides is 2. The summed E-state index contributed by atoms with van der Waals surface area (Å²) in [4.78, 5) is 12.8. The van der Waals surface area contributed by atoms with Crippen LogP contribution in [0.25, 0.3) is 0 Å². The molecule has 2 N–H and O–H groups in total. The minimum absolute atomic E-state index is 0.129. The van der Waals surface area contributed by atoms with Gasteiger partial charge in [0.25, 0.3) is 0 Å². The third kappa shape index (κ3) is 3.89. The topological polar surface area (TPSA) is 50.4 Å². The average Bonchev–Trinajstić information content (AvgIpc) is 3.08. The Morgan fingerprint density at radius 2 is 2.14 bits per heavy atom. The standard InChI is InChI=1S/C15H19FN2O2S/c16-10-1-4-12(5-2-10)21-8-7-17-15(19)18-13-9-11-3-6-14(13)20-11/h1-2,4-5,11,13-14H,3,6-9H2,(H2,17,18,19)/t11-,13+,14-/m1/s1. The number of fused-ring (bicyclic) bond motifs is 2. The van der Waals surface area contributed by atoms with E-state index in [0.29, 0.717) is 12.6 Å². The molecule has 2 bridgehead atoms. The Labute approximate surface area is 127 Å². The molecule has 1 aromatic carbocycles. The second kappa shape index (κ2) is 6.66. The largest absolute Gasteiger partial charge is 0.373 e. The first-order chi connectivity index (χ1) is 10.2. The van der Waals surface area contributed by atoms with E-state index in [0.717, 1.165) is 29.9 Å². The zero-order chi connectivity index (χ0) is 14.7. The molecule has 0 unspecified atom stereocenters. The van der Waals surface area contributed by atoms with E-state index in [1.165, 1.54) is 12.1 Å². The first kappa shape index (κ1) is 14.7. The fourth-order valence-electron chi connectivity index (χ4n) is 2.87. The van der Waals surface area contributed by atoms with Gasteiger partial charge in [0.1, 0.15) is 5.82 Å². The van der Waals surface area contributed by atoms with E-state index >= 15 is 0 Å².